The number of hydrogen-bond donors (Lipinski definition) is 1. The minimum atomic E-state index is -0.932. The van der Waals surface area contributed by atoms with Gasteiger partial charge in [0.05, 0.1) is 11.1 Å². The predicted octanol–water partition coefficient (Wildman–Crippen LogP) is 3.91. The van der Waals surface area contributed by atoms with Crippen LogP contribution in [-0.4, -0.2) is 10.1 Å². The van der Waals surface area contributed by atoms with Gasteiger partial charge in [0.25, 0.3) is 0 Å². The maximum atomic E-state index is 13.9. The SMILES string of the molecule is OC(Cc1ccncc1)c1ccc(Br)c(Cl)c1F. The van der Waals surface area contributed by atoms with Crippen LogP contribution in [0.1, 0.15) is 17.2 Å². The van der Waals surface area contributed by atoms with E-state index >= 15 is 0 Å². The predicted molar refractivity (Wildman–Crippen MR) is 72.0 cm³/mol. The Bertz CT molecular complexity index is 550. The minimum Gasteiger partial charge on any atom is -0.388 e. The standard InChI is InChI=1S/C13H10BrClFNO/c14-10-2-1-9(13(16)12(10)15)11(18)7-8-3-5-17-6-4-8/h1-6,11,18H,7H2. The van der Waals surface area contributed by atoms with Gasteiger partial charge < -0.3 is 5.11 Å². The van der Waals surface area contributed by atoms with E-state index in [9.17, 15) is 9.50 Å². The summed E-state index contributed by atoms with van der Waals surface area (Å²) in [4.78, 5) is 3.89. The number of rotatable bonds is 3. The van der Waals surface area contributed by atoms with Crippen LogP contribution in [0.3, 0.4) is 0 Å². The molecule has 18 heavy (non-hydrogen) atoms. The molecule has 0 radical (unpaired) electrons. The molecule has 5 heteroatoms. The van der Waals surface area contributed by atoms with Crippen LogP contribution < -0.4 is 0 Å². The maximum absolute atomic E-state index is 13.9. The third-order valence-electron chi connectivity index (χ3n) is 2.60. The number of pyridine rings is 1. The Morgan fingerprint density at radius 1 is 1.28 bits per heavy atom. The molecule has 1 N–H and O–H groups in total. The largest absolute Gasteiger partial charge is 0.388 e. The van der Waals surface area contributed by atoms with E-state index in [4.69, 9.17) is 11.6 Å². The van der Waals surface area contributed by atoms with Gasteiger partial charge in [-0.15, -0.1) is 0 Å². The molecule has 0 saturated carbocycles. The van der Waals surface area contributed by atoms with E-state index in [0.29, 0.717) is 10.9 Å². The van der Waals surface area contributed by atoms with Gasteiger partial charge in [-0.05, 0) is 39.7 Å². The smallest absolute Gasteiger partial charge is 0.148 e. The highest BCUT2D eigenvalue weighted by Gasteiger charge is 2.17. The highest BCUT2D eigenvalue weighted by molar-refractivity contribution is 9.10. The Morgan fingerprint density at radius 2 is 1.94 bits per heavy atom. The second-order valence-corrected chi connectivity index (χ2v) is 5.07. The fraction of sp³-hybridized carbons (Fsp3) is 0.154. The lowest BCUT2D eigenvalue weighted by atomic mass is 10.0. The Labute approximate surface area is 118 Å². The highest BCUT2D eigenvalue weighted by atomic mass is 79.9. The molecule has 0 amide bonds. The first-order valence-electron chi connectivity index (χ1n) is 5.30. The lowest BCUT2D eigenvalue weighted by Crippen LogP contribution is -2.05. The van der Waals surface area contributed by atoms with E-state index in [1.165, 1.54) is 6.07 Å². The van der Waals surface area contributed by atoms with Crippen molar-refractivity contribution in [2.24, 2.45) is 0 Å². The van der Waals surface area contributed by atoms with Gasteiger partial charge in [-0.2, -0.15) is 0 Å². The zero-order valence-corrected chi connectivity index (χ0v) is 11.6. The van der Waals surface area contributed by atoms with Gasteiger partial charge in [-0.1, -0.05) is 17.7 Å². The number of aromatic nitrogens is 1. The molecule has 0 aliphatic rings. The molecule has 0 fully saturated rings. The summed E-state index contributed by atoms with van der Waals surface area (Å²) in [6.45, 7) is 0. The van der Waals surface area contributed by atoms with Crippen molar-refractivity contribution in [2.75, 3.05) is 0 Å². The fourth-order valence-corrected chi connectivity index (χ4v) is 2.13. The van der Waals surface area contributed by atoms with Crippen LogP contribution in [-0.2, 0) is 6.42 Å². The molecule has 0 bridgehead atoms. The molecule has 0 saturated heterocycles. The van der Waals surface area contributed by atoms with Gasteiger partial charge in [0.1, 0.15) is 5.82 Å². The van der Waals surface area contributed by atoms with E-state index in [1.54, 1.807) is 30.6 Å². The Hall–Kier alpha value is -0.970. The molecule has 1 unspecified atom stereocenters. The second kappa shape index (κ2) is 5.78. The van der Waals surface area contributed by atoms with Crippen LogP contribution in [0.4, 0.5) is 4.39 Å². The number of benzene rings is 1. The third-order valence-corrected chi connectivity index (χ3v) is 3.86. The summed E-state index contributed by atoms with van der Waals surface area (Å²) in [5.41, 5.74) is 1.08. The maximum Gasteiger partial charge on any atom is 0.148 e. The molecule has 0 aliphatic heterocycles. The van der Waals surface area contributed by atoms with E-state index in [2.05, 4.69) is 20.9 Å². The summed E-state index contributed by atoms with van der Waals surface area (Å²) in [5.74, 6) is -0.590. The van der Waals surface area contributed by atoms with Gasteiger partial charge in [0.2, 0.25) is 0 Å². The highest BCUT2D eigenvalue weighted by Crippen LogP contribution is 2.31. The monoisotopic (exact) mass is 329 g/mol. The first-order valence-corrected chi connectivity index (χ1v) is 6.47. The molecule has 1 aromatic heterocycles. The van der Waals surface area contributed by atoms with Gasteiger partial charge >= 0.3 is 0 Å². The van der Waals surface area contributed by atoms with Crippen molar-refractivity contribution in [1.29, 1.82) is 0 Å². The first kappa shape index (κ1) is 13.5. The van der Waals surface area contributed by atoms with Crippen LogP contribution in [0, 0.1) is 5.82 Å². The Kier molecular flexibility index (Phi) is 4.32. The number of aliphatic hydroxyl groups excluding tert-OH is 1. The molecule has 0 spiro atoms. The van der Waals surface area contributed by atoms with Crippen molar-refractivity contribution < 1.29 is 9.50 Å². The quantitative estimate of drug-likeness (QED) is 0.866. The van der Waals surface area contributed by atoms with Crippen molar-refractivity contribution >= 4 is 27.5 Å². The summed E-state index contributed by atoms with van der Waals surface area (Å²) < 4.78 is 14.4. The summed E-state index contributed by atoms with van der Waals surface area (Å²) in [7, 11) is 0. The third kappa shape index (κ3) is 2.88. The van der Waals surface area contributed by atoms with E-state index in [1.807, 2.05) is 0 Å². The van der Waals surface area contributed by atoms with Gasteiger partial charge in [0.15, 0.2) is 0 Å². The molecule has 94 valence electrons. The van der Waals surface area contributed by atoms with Crippen LogP contribution >= 0.6 is 27.5 Å². The van der Waals surface area contributed by atoms with Crippen molar-refractivity contribution in [3.8, 4) is 0 Å². The van der Waals surface area contributed by atoms with Crippen LogP contribution in [0.25, 0.3) is 0 Å². The second-order valence-electron chi connectivity index (χ2n) is 3.84. The molecular weight excluding hydrogens is 321 g/mol. The average molecular weight is 331 g/mol. The summed E-state index contributed by atoms with van der Waals surface area (Å²) >= 11 is 8.92. The number of halogens is 3. The zero-order chi connectivity index (χ0) is 13.1. The number of hydrogen-bond acceptors (Lipinski definition) is 2. The summed E-state index contributed by atoms with van der Waals surface area (Å²) in [5, 5.41) is 10.0. The van der Waals surface area contributed by atoms with E-state index in [-0.39, 0.29) is 10.6 Å². The van der Waals surface area contributed by atoms with Crippen LogP contribution in [0.15, 0.2) is 41.1 Å². The van der Waals surface area contributed by atoms with Crippen LogP contribution in [0.2, 0.25) is 5.02 Å². The van der Waals surface area contributed by atoms with E-state index < -0.39 is 11.9 Å². The molecule has 1 aromatic carbocycles. The van der Waals surface area contributed by atoms with Crippen molar-refractivity contribution in [2.45, 2.75) is 12.5 Å². The van der Waals surface area contributed by atoms with Crippen LogP contribution in [0.5, 0.6) is 0 Å². The molecule has 2 nitrogen and oxygen atoms in total. The normalized spacial score (nSPS) is 12.4. The van der Waals surface area contributed by atoms with Gasteiger partial charge in [-0.25, -0.2) is 4.39 Å². The first-order chi connectivity index (χ1) is 8.59. The topological polar surface area (TPSA) is 33.1 Å². The average Bonchev–Trinajstić information content (AvgIpc) is 2.37. The fourth-order valence-electron chi connectivity index (χ4n) is 1.65. The summed E-state index contributed by atoms with van der Waals surface area (Å²) in [6.07, 6.45) is 2.65. The Morgan fingerprint density at radius 3 is 2.61 bits per heavy atom. The van der Waals surface area contributed by atoms with E-state index in [0.717, 1.165) is 5.56 Å². The molecule has 1 heterocycles. The molecule has 2 aromatic rings. The molecule has 2 rings (SSSR count). The molecular formula is C13H10BrClFNO. The lowest BCUT2D eigenvalue weighted by Gasteiger charge is -2.13. The van der Waals surface area contributed by atoms with Crippen molar-refractivity contribution in [3.63, 3.8) is 0 Å². The number of aliphatic hydroxyl groups is 1. The lowest BCUT2D eigenvalue weighted by molar-refractivity contribution is 0.173. The summed E-state index contributed by atoms with van der Waals surface area (Å²) in [6, 6.07) is 6.71. The molecule has 1 atom stereocenters. The zero-order valence-electron chi connectivity index (χ0n) is 9.28. The molecule has 0 aliphatic carbocycles. The number of nitrogens with zero attached hydrogens (tertiary/aromatic N) is 1. The van der Waals surface area contributed by atoms with Gasteiger partial charge in [0, 0.05) is 28.9 Å². The minimum absolute atomic E-state index is 0.0127. The van der Waals surface area contributed by atoms with Crippen molar-refractivity contribution in [3.05, 3.63) is 63.1 Å². The van der Waals surface area contributed by atoms with Gasteiger partial charge in [-0.3, -0.25) is 4.98 Å². The Balaban J connectivity index is 2.24. The van der Waals surface area contributed by atoms with Crippen molar-refractivity contribution in [1.82, 2.24) is 4.98 Å².